The van der Waals surface area contributed by atoms with Crippen LogP contribution < -0.4 is 5.32 Å². The smallest absolute Gasteiger partial charge is 0.251 e. The lowest BCUT2D eigenvalue weighted by Gasteiger charge is -2.21. The van der Waals surface area contributed by atoms with Crippen LogP contribution in [0.25, 0.3) is 11.0 Å². The van der Waals surface area contributed by atoms with Gasteiger partial charge in [0.15, 0.2) is 11.6 Å². The van der Waals surface area contributed by atoms with Crippen LogP contribution in [0.2, 0.25) is 0 Å². The lowest BCUT2D eigenvalue weighted by Crippen LogP contribution is -2.35. The molecule has 5 atom stereocenters. The van der Waals surface area contributed by atoms with Gasteiger partial charge in [0.25, 0.3) is 5.91 Å². The molecule has 7 heteroatoms. The molecule has 2 fully saturated rings. The van der Waals surface area contributed by atoms with E-state index in [1.807, 2.05) is 17.6 Å². The lowest BCUT2D eigenvalue weighted by molar-refractivity contribution is 0.0932. The number of nitrogens with zero attached hydrogens (tertiary/aromatic N) is 3. The summed E-state index contributed by atoms with van der Waals surface area (Å²) in [6, 6.07) is 11.3. The molecule has 0 unspecified atom stereocenters. The molecule has 5 rings (SSSR count). The summed E-state index contributed by atoms with van der Waals surface area (Å²) < 4.78 is 29.1. The summed E-state index contributed by atoms with van der Waals surface area (Å²) >= 11 is 0. The summed E-state index contributed by atoms with van der Waals surface area (Å²) in [6.07, 6.45) is 3.55. The largest absolute Gasteiger partial charge is 0.349 e. The third kappa shape index (κ3) is 3.04. The molecule has 2 aromatic carbocycles. The fourth-order valence-corrected chi connectivity index (χ4v) is 5.23. The first-order valence-electron chi connectivity index (χ1n) is 10.1. The molecule has 0 bridgehead atoms. The van der Waals surface area contributed by atoms with Gasteiger partial charge in [-0.25, -0.2) is 13.8 Å². The third-order valence-electron chi connectivity index (χ3n) is 6.71. The van der Waals surface area contributed by atoms with Gasteiger partial charge < -0.3 is 9.88 Å². The number of fused-ring (bicyclic) bond motifs is 2. The van der Waals surface area contributed by atoms with Crippen molar-refractivity contribution in [1.82, 2.24) is 14.9 Å². The van der Waals surface area contributed by atoms with Crippen molar-refractivity contribution in [2.45, 2.75) is 31.8 Å². The van der Waals surface area contributed by atoms with Crippen LogP contribution in [0.5, 0.6) is 0 Å². The van der Waals surface area contributed by atoms with E-state index in [0.717, 1.165) is 18.9 Å². The topological polar surface area (TPSA) is 70.7 Å². The molecule has 5 nitrogen and oxygen atoms in total. The van der Waals surface area contributed by atoms with Crippen LogP contribution in [0.1, 0.15) is 41.7 Å². The van der Waals surface area contributed by atoms with Gasteiger partial charge in [-0.15, -0.1) is 0 Å². The summed E-state index contributed by atoms with van der Waals surface area (Å²) in [5.41, 5.74) is 2.16. The maximum Gasteiger partial charge on any atom is 0.251 e. The molecule has 1 amide bonds. The number of benzene rings is 2. The van der Waals surface area contributed by atoms with Crippen molar-refractivity contribution in [1.29, 1.82) is 5.26 Å². The van der Waals surface area contributed by atoms with E-state index < -0.39 is 11.6 Å². The van der Waals surface area contributed by atoms with E-state index in [2.05, 4.69) is 10.3 Å². The van der Waals surface area contributed by atoms with Crippen molar-refractivity contribution in [3.63, 3.8) is 0 Å². The number of nitriles is 1. The van der Waals surface area contributed by atoms with Crippen molar-refractivity contribution < 1.29 is 13.6 Å². The zero-order valence-corrected chi connectivity index (χ0v) is 16.3. The predicted molar refractivity (Wildman–Crippen MR) is 106 cm³/mol. The fourth-order valence-electron chi connectivity index (χ4n) is 5.23. The van der Waals surface area contributed by atoms with Crippen LogP contribution in [0, 0.1) is 40.7 Å². The van der Waals surface area contributed by atoms with Crippen molar-refractivity contribution in [2.75, 3.05) is 0 Å². The summed E-state index contributed by atoms with van der Waals surface area (Å²) in [4.78, 5) is 16.7. The number of hydrogen-bond acceptors (Lipinski definition) is 3. The van der Waals surface area contributed by atoms with Gasteiger partial charge >= 0.3 is 0 Å². The molecular formula is C23H20F2N4O. The average Bonchev–Trinajstić information content (AvgIpc) is 3.05. The quantitative estimate of drug-likeness (QED) is 0.706. The van der Waals surface area contributed by atoms with Crippen molar-refractivity contribution in [3.8, 4) is 6.07 Å². The first-order chi connectivity index (χ1) is 14.5. The first-order valence-corrected chi connectivity index (χ1v) is 10.1. The van der Waals surface area contributed by atoms with E-state index in [0.29, 0.717) is 39.9 Å². The van der Waals surface area contributed by atoms with Crippen LogP contribution in [-0.2, 0) is 0 Å². The number of rotatable bonds is 4. The molecule has 1 N–H and O–H groups in total. The summed E-state index contributed by atoms with van der Waals surface area (Å²) in [6.45, 7) is 2.03. The van der Waals surface area contributed by atoms with E-state index in [4.69, 9.17) is 5.26 Å². The van der Waals surface area contributed by atoms with Crippen molar-refractivity contribution in [3.05, 3.63) is 65.5 Å². The Hall–Kier alpha value is -3.27. The minimum Gasteiger partial charge on any atom is -0.349 e. The highest BCUT2D eigenvalue weighted by Gasteiger charge is 2.58. The number of nitrogens with one attached hydrogen (secondary N) is 1. The second kappa shape index (κ2) is 6.91. The van der Waals surface area contributed by atoms with Crippen LogP contribution >= 0.6 is 0 Å². The van der Waals surface area contributed by atoms with Gasteiger partial charge in [-0.1, -0.05) is 0 Å². The molecule has 152 valence electrons. The number of amides is 1. The van der Waals surface area contributed by atoms with E-state index >= 15 is 0 Å². The SMILES string of the molecule is C[C@@H](NC(=O)c1ccc(C#N)cc1)[C@H]1[C@@H]2C[C@@H](n3cnc4cc(F)c(F)cc43)C[C@@H]21. The van der Waals surface area contributed by atoms with Crippen LogP contribution in [0.3, 0.4) is 0 Å². The normalized spacial score (nSPS) is 25.5. The van der Waals surface area contributed by atoms with Crippen molar-refractivity contribution in [2.24, 2.45) is 17.8 Å². The van der Waals surface area contributed by atoms with E-state index in [-0.39, 0.29) is 18.0 Å². The molecule has 2 aliphatic carbocycles. The maximum absolute atomic E-state index is 13.7. The highest BCUT2D eigenvalue weighted by Crippen LogP contribution is 2.62. The summed E-state index contributed by atoms with van der Waals surface area (Å²) in [7, 11) is 0. The van der Waals surface area contributed by atoms with Gasteiger partial charge in [-0.2, -0.15) is 5.26 Å². The minimum atomic E-state index is -0.881. The average molecular weight is 406 g/mol. The molecule has 2 saturated carbocycles. The van der Waals surface area contributed by atoms with Crippen LogP contribution in [0.15, 0.2) is 42.7 Å². The zero-order valence-electron chi connectivity index (χ0n) is 16.3. The highest BCUT2D eigenvalue weighted by atomic mass is 19.2. The Morgan fingerprint density at radius 1 is 1.20 bits per heavy atom. The van der Waals surface area contributed by atoms with Gasteiger partial charge in [-0.05, 0) is 61.8 Å². The molecule has 2 aliphatic rings. The fraction of sp³-hybridized carbons (Fsp3) is 0.348. The minimum absolute atomic E-state index is 0.0511. The Kier molecular flexibility index (Phi) is 4.31. The third-order valence-corrected chi connectivity index (χ3v) is 6.71. The molecule has 0 saturated heterocycles. The second-order valence-electron chi connectivity index (χ2n) is 8.39. The molecule has 0 spiro atoms. The molecule has 0 aliphatic heterocycles. The zero-order chi connectivity index (χ0) is 21.0. The van der Waals surface area contributed by atoms with Gasteiger partial charge in [0, 0.05) is 29.8 Å². The summed E-state index contributed by atoms with van der Waals surface area (Å²) in [5.74, 6) is -0.430. The van der Waals surface area contributed by atoms with Crippen LogP contribution in [-0.4, -0.2) is 21.5 Å². The number of carbonyl (C=O) groups excluding carboxylic acids is 1. The van der Waals surface area contributed by atoms with Gasteiger partial charge in [0.2, 0.25) is 0 Å². The molecular weight excluding hydrogens is 386 g/mol. The molecule has 1 aromatic heterocycles. The maximum atomic E-state index is 13.7. The number of halogens is 2. The van der Waals surface area contributed by atoms with Crippen molar-refractivity contribution >= 4 is 16.9 Å². The Balaban J connectivity index is 1.23. The molecule has 3 aromatic rings. The Morgan fingerprint density at radius 2 is 1.87 bits per heavy atom. The summed E-state index contributed by atoms with van der Waals surface area (Å²) in [5, 5.41) is 12.0. The lowest BCUT2D eigenvalue weighted by atomic mass is 10.0. The van der Waals surface area contributed by atoms with Gasteiger partial charge in [-0.3, -0.25) is 4.79 Å². The molecule has 1 heterocycles. The highest BCUT2D eigenvalue weighted by molar-refractivity contribution is 5.94. The Bertz CT molecular complexity index is 1170. The van der Waals surface area contributed by atoms with Gasteiger partial charge in [0.1, 0.15) is 0 Å². The first kappa shape index (κ1) is 18.7. The number of imidazole rings is 1. The molecule has 30 heavy (non-hydrogen) atoms. The standard InChI is InChI=1S/C23H20F2N4O/c1-12(28-23(30)14-4-2-13(10-26)3-5-14)22-16-6-15(7-17(16)22)29-11-27-20-8-18(24)19(25)9-21(20)29/h2-5,8-9,11-12,15-17,22H,6-7H2,1H3,(H,28,30)/t12-,15-,16-,17+,22+/m1/s1. The monoisotopic (exact) mass is 406 g/mol. The van der Waals surface area contributed by atoms with Crippen LogP contribution in [0.4, 0.5) is 8.78 Å². The number of aromatic nitrogens is 2. The second-order valence-corrected chi connectivity index (χ2v) is 8.39. The Morgan fingerprint density at radius 3 is 2.53 bits per heavy atom. The van der Waals surface area contributed by atoms with E-state index in [1.54, 1.807) is 30.6 Å². The number of carbonyl (C=O) groups is 1. The van der Waals surface area contributed by atoms with Gasteiger partial charge in [0.05, 0.1) is 29.0 Å². The number of hydrogen-bond donors (Lipinski definition) is 1. The Labute approximate surface area is 172 Å². The predicted octanol–water partition coefficient (Wildman–Crippen LogP) is 4.20. The van der Waals surface area contributed by atoms with E-state index in [9.17, 15) is 13.6 Å². The molecule has 0 radical (unpaired) electrons. The van der Waals surface area contributed by atoms with E-state index in [1.165, 1.54) is 6.07 Å².